The van der Waals surface area contributed by atoms with Gasteiger partial charge in [0.25, 0.3) is 5.89 Å². The van der Waals surface area contributed by atoms with Gasteiger partial charge in [0.1, 0.15) is 12.3 Å². The Balaban J connectivity index is 1.29. The lowest BCUT2D eigenvalue weighted by Crippen LogP contribution is -2.38. The van der Waals surface area contributed by atoms with Gasteiger partial charge >= 0.3 is 0 Å². The van der Waals surface area contributed by atoms with Crippen LogP contribution in [-0.4, -0.2) is 46.0 Å². The Morgan fingerprint density at radius 3 is 2.82 bits per heavy atom. The van der Waals surface area contributed by atoms with Gasteiger partial charge in [-0.05, 0) is 41.8 Å². The van der Waals surface area contributed by atoms with Gasteiger partial charge < -0.3 is 19.3 Å². The number of hydrazone groups is 1. The number of amides is 2. The van der Waals surface area contributed by atoms with Crippen LogP contribution in [0.25, 0.3) is 11.4 Å². The summed E-state index contributed by atoms with van der Waals surface area (Å²) >= 11 is 0. The van der Waals surface area contributed by atoms with E-state index in [1.165, 1.54) is 0 Å². The molecule has 2 aliphatic heterocycles. The first-order valence-electron chi connectivity index (χ1n) is 11.0. The molecular weight excluding hydrogens is 438 g/mol. The number of rotatable bonds is 6. The topological polar surface area (TPSA) is 119 Å². The molecule has 0 bridgehead atoms. The number of nitrogens with one attached hydrogen (secondary N) is 1. The van der Waals surface area contributed by atoms with Gasteiger partial charge in [0.15, 0.2) is 11.5 Å². The number of carbonyl (C=O) groups excluding carboxylic acids is 2. The van der Waals surface area contributed by atoms with Gasteiger partial charge in [-0.25, -0.2) is 5.01 Å². The molecule has 0 aliphatic carbocycles. The summed E-state index contributed by atoms with van der Waals surface area (Å²) < 4.78 is 16.1. The van der Waals surface area contributed by atoms with Crippen LogP contribution >= 0.6 is 0 Å². The van der Waals surface area contributed by atoms with Crippen molar-refractivity contribution in [2.45, 2.75) is 32.6 Å². The molecule has 5 rings (SSSR count). The first-order valence-corrected chi connectivity index (χ1v) is 11.0. The summed E-state index contributed by atoms with van der Waals surface area (Å²) in [5, 5.41) is 12.3. The van der Waals surface area contributed by atoms with E-state index in [-0.39, 0.29) is 37.5 Å². The minimum absolute atomic E-state index is 0.174. The Hall–Kier alpha value is -4.21. The highest BCUT2D eigenvalue weighted by molar-refractivity contribution is 6.02. The average molecular weight is 461 g/mol. The second-order valence-electron chi connectivity index (χ2n) is 8.32. The van der Waals surface area contributed by atoms with Crippen LogP contribution in [0.3, 0.4) is 0 Å². The van der Waals surface area contributed by atoms with E-state index in [2.05, 4.69) is 34.4 Å². The lowest BCUT2D eigenvalue weighted by molar-refractivity contribution is -0.135. The van der Waals surface area contributed by atoms with Gasteiger partial charge in [-0.15, -0.1) is 0 Å². The molecule has 0 saturated carbocycles. The first kappa shape index (κ1) is 21.6. The number of hydrogen-bond acceptors (Lipinski definition) is 8. The highest BCUT2D eigenvalue weighted by Crippen LogP contribution is 2.35. The minimum atomic E-state index is -0.342. The highest BCUT2D eigenvalue weighted by atomic mass is 16.7. The molecule has 174 valence electrons. The van der Waals surface area contributed by atoms with Crippen LogP contribution in [0, 0.1) is 0 Å². The number of benzene rings is 2. The SMILES string of the molecule is CC(C)c1cccc(NC(=O)CN2N=C(c3nc(-c4ccc5c(c4)OCO5)no3)CCC2=O)c1. The Kier molecular flexibility index (Phi) is 5.70. The zero-order chi connectivity index (χ0) is 23.7. The first-order chi connectivity index (χ1) is 16.5. The van der Waals surface area contributed by atoms with E-state index in [1.807, 2.05) is 24.3 Å². The predicted octanol–water partition coefficient (Wildman–Crippen LogP) is 3.55. The van der Waals surface area contributed by atoms with Crippen molar-refractivity contribution in [2.75, 3.05) is 18.7 Å². The summed E-state index contributed by atoms with van der Waals surface area (Å²) in [6.45, 7) is 4.13. The smallest absolute Gasteiger partial charge is 0.274 e. The molecule has 3 aromatic rings. The molecular formula is C24H23N5O5. The molecule has 1 aromatic heterocycles. The van der Waals surface area contributed by atoms with Gasteiger partial charge in [0.05, 0.1) is 0 Å². The van der Waals surface area contributed by atoms with Crippen molar-refractivity contribution in [1.82, 2.24) is 15.1 Å². The maximum Gasteiger partial charge on any atom is 0.274 e. The number of anilines is 1. The zero-order valence-electron chi connectivity index (χ0n) is 18.8. The van der Waals surface area contributed by atoms with Gasteiger partial charge in [-0.2, -0.15) is 10.1 Å². The second-order valence-corrected chi connectivity index (χ2v) is 8.32. The largest absolute Gasteiger partial charge is 0.454 e. The second kappa shape index (κ2) is 8.97. The third-order valence-corrected chi connectivity index (χ3v) is 5.54. The van der Waals surface area contributed by atoms with E-state index in [9.17, 15) is 9.59 Å². The van der Waals surface area contributed by atoms with Crippen molar-refractivity contribution in [3.63, 3.8) is 0 Å². The lowest BCUT2D eigenvalue weighted by atomic mass is 10.0. The van der Waals surface area contributed by atoms with Crippen LogP contribution in [0.2, 0.25) is 0 Å². The molecule has 0 fully saturated rings. The molecule has 0 radical (unpaired) electrons. The molecule has 0 unspecified atom stereocenters. The maximum atomic E-state index is 12.6. The van der Waals surface area contributed by atoms with E-state index in [0.29, 0.717) is 46.6 Å². The minimum Gasteiger partial charge on any atom is -0.454 e. The monoisotopic (exact) mass is 461 g/mol. The zero-order valence-corrected chi connectivity index (χ0v) is 18.8. The summed E-state index contributed by atoms with van der Waals surface area (Å²) in [5.74, 6) is 1.59. The van der Waals surface area contributed by atoms with Gasteiger partial charge in [0, 0.05) is 24.1 Å². The number of carbonyl (C=O) groups is 2. The van der Waals surface area contributed by atoms with Crippen LogP contribution in [0.1, 0.15) is 44.1 Å². The van der Waals surface area contributed by atoms with Crippen molar-refractivity contribution >= 4 is 23.2 Å². The molecule has 2 aliphatic rings. The fourth-order valence-electron chi connectivity index (χ4n) is 3.68. The maximum absolute atomic E-state index is 12.6. The number of nitrogens with zero attached hydrogens (tertiary/aromatic N) is 4. The van der Waals surface area contributed by atoms with Gasteiger partial charge in [-0.3, -0.25) is 9.59 Å². The quantitative estimate of drug-likeness (QED) is 0.596. The van der Waals surface area contributed by atoms with Crippen molar-refractivity contribution < 1.29 is 23.6 Å². The van der Waals surface area contributed by atoms with Crippen LogP contribution in [0.5, 0.6) is 11.5 Å². The third kappa shape index (κ3) is 4.47. The summed E-state index contributed by atoms with van der Waals surface area (Å²) in [4.78, 5) is 29.4. The third-order valence-electron chi connectivity index (χ3n) is 5.54. The Morgan fingerprint density at radius 1 is 1.12 bits per heavy atom. The molecule has 0 saturated heterocycles. The van der Waals surface area contributed by atoms with E-state index in [1.54, 1.807) is 18.2 Å². The normalized spacial score (nSPS) is 15.0. The summed E-state index contributed by atoms with van der Waals surface area (Å²) in [5.41, 5.74) is 2.94. The summed E-state index contributed by atoms with van der Waals surface area (Å²) in [7, 11) is 0. The van der Waals surface area contributed by atoms with Crippen molar-refractivity contribution in [3.8, 4) is 22.9 Å². The van der Waals surface area contributed by atoms with Crippen LogP contribution in [-0.2, 0) is 9.59 Å². The number of hydrogen-bond donors (Lipinski definition) is 1. The lowest BCUT2D eigenvalue weighted by Gasteiger charge is -2.21. The Labute approximate surface area is 195 Å². The molecule has 0 spiro atoms. The average Bonchev–Trinajstić information content (AvgIpc) is 3.50. The van der Waals surface area contributed by atoms with Gasteiger partial charge in [-0.1, -0.05) is 31.1 Å². The molecule has 10 nitrogen and oxygen atoms in total. The Morgan fingerprint density at radius 2 is 1.97 bits per heavy atom. The predicted molar refractivity (Wildman–Crippen MR) is 123 cm³/mol. The van der Waals surface area contributed by atoms with Crippen LogP contribution in [0.4, 0.5) is 5.69 Å². The van der Waals surface area contributed by atoms with Gasteiger partial charge in [0.2, 0.25) is 24.4 Å². The van der Waals surface area contributed by atoms with Crippen LogP contribution < -0.4 is 14.8 Å². The van der Waals surface area contributed by atoms with E-state index >= 15 is 0 Å². The molecule has 1 N–H and O–H groups in total. The molecule has 10 heteroatoms. The Bertz CT molecular complexity index is 1280. The number of aromatic nitrogens is 2. The molecule has 2 amide bonds. The van der Waals surface area contributed by atoms with Crippen molar-refractivity contribution in [3.05, 3.63) is 53.9 Å². The fraction of sp³-hybridized carbons (Fsp3) is 0.292. The fourth-order valence-corrected chi connectivity index (χ4v) is 3.68. The van der Waals surface area contributed by atoms with Crippen molar-refractivity contribution in [1.29, 1.82) is 0 Å². The van der Waals surface area contributed by atoms with Crippen LogP contribution in [0.15, 0.2) is 52.1 Å². The molecule has 3 heterocycles. The molecule has 0 atom stereocenters. The summed E-state index contributed by atoms with van der Waals surface area (Å²) in [6.07, 6.45) is 0.535. The molecule has 34 heavy (non-hydrogen) atoms. The van der Waals surface area contributed by atoms with E-state index < -0.39 is 0 Å². The van der Waals surface area contributed by atoms with Crippen molar-refractivity contribution in [2.24, 2.45) is 5.10 Å². The molecule has 2 aromatic carbocycles. The standard InChI is InChI=1S/C24H23N5O5/c1-14(2)15-4-3-5-17(10-15)25-21(30)12-29-22(31)9-7-18(27-29)24-26-23(28-34-24)16-6-8-19-20(11-16)33-13-32-19/h3-6,8,10-11,14H,7,9,12-13H2,1-2H3,(H,25,30). The summed E-state index contributed by atoms with van der Waals surface area (Å²) in [6, 6.07) is 13.0. The van der Waals surface area contributed by atoms with E-state index in [4.69, 9.17) is 14.0 Å². The number of ether oxygens (including phenoxy) is 2. The number of fused-ring (bicyclic) bond motifs is 1. The van der Waals surface area contributed by atoms with E-state index in [0.717, 1.165) is 10.6 Å². The highest BCUT2D eigenvalue weighted by Gasteiger charge is 2.27.